The molecule has 0 bridgehead atoms. The molecule has 0 N–H and O–H groups in total. The monoisotopic (exact) mass is 422 g/mol. The molecule has 2 aliphatic rings. The second kappa shape index (κ2) is 6.60. The first-order chi connectivity index (χ1) is 12.3. The van der Waals surface area contributed by atoms with Gasteiger partial charge in [-0.1, -0.05) is 89.7 Å². The van der Waals surface area contributed by atoms with Gasteiger partial charge in [0.2, 0.25) is 0 Å². The highest BCUT2D eigenvalue weighted by Crippen LogP contribution is 2.58. The minimum Gasteiger partial charge on any atom is -0.0868 e. The number of fused-ring (bicyclic) bond motifs is 2. The van der Waals surface area contributed by atoms with Gasteiger partial charge in [-0.3, -0.25) is 0 Å². The zero-order valence-corrected chi connectivity index (χ0v) is 17.7. The third-order valence-corrected chi connectivity index (χ3v) is 7.56. The van der Waals surface area contributed by atoms with Crippen molar-refractivity contribution >= 4 is 56.5 Å². The van der Waals surface area contributed by atoms with Crippen molar-refractivity contribution in [3.8, 4) is 0 Å². The molecule has 4 rings (SSSR count). The number of allylic oxidation sites excluding steroid dienone is 2. The van der Waals surface area contributed by atoms with E-state index in [2.05, 4.69) is 57.2 Å². The summed E-state index contributed by atoms with van der Waals surface area (Å²) in [5, 5.41) is 2.71. The van der Waals surface area contributed by atoms with Gasteiger partial charge in [0.25, 0.3) is 0 Å². The summed E-state index contributed by atoms with van der Waals surface area (Å²) < 4.78 is 0. The van der Waals surface area contributed by atoms with Gasteiger partial charge in [0.1, 0.15) is 0 Å². The standard InChI is InChI=1S/C22H18Cl4/c1-10-6-4-8-13-15(10)19(23)21(25)17(13)12(3)18-14-9-5-7-11(2)16(14)20(24)22(18)26/h4-9,12,17-18H,1-3H3. The second-order valence-electron chi connectivity index (χ2n) is 7.22. The Bertz CT molecular complexity index is 904. The van der Waals surface area contributed by atoms with Crippen molar-refractivity contribution in [3.05, 3.63) is 79.8 Å². The fourth-order valence-electron chi connectivity index (χ4n) is 4.50. The van der Waals surface area contributed by atoms with E-state index in [1.165, 1.54) is 11.1 Å². The molecule has 0 heterocycles. The molecule has 4 heteroatoms. The zero-order chi connectivity index (χ0) is 18.7. The van der Waals surface area contributed by atoms with Crippen LogP contribution in [0.2, 0.25) is 0 Å². The molecule has 0 nitrogen and oxygen atoms in total. The fraction of sp³-hybridized carbons (Fsp3) is 0.273. The van der Waals surface area contributed by atoms with E-state index in [0.29, 0.717) is 20.1 Å². The first-order valence-electron chi connectivity index (χ1n) is 8.64. The summed E-state index contributed by atoms with van der Waals surface area (Å²) in [6.07, 6.45) is 0. The summed E-state index contributed by atoms with van der Waals surface area (Å²) in [5.41, 5.74) is 6.75. The van der Waals surface area contributed by atoms with Crippen LogP contribution in [0.5, 0.6) is 0 Å². The van der Waals surface area contributed by atoms with Gasteiger partial charge >= 0.3 is 0 Å². The van der Waals surface area contributed by atoms with Crippen LogP contribution in [0.4, 0.5) is 0 Å². The largest absolute Gasteiger partial charge is 0.0868 e. The predicted octanol–water partition coefficient (Wildman–Crippen LogP) is 8.13. The highest BCUT2D eigenvalue weighted by molar-refractivity contribution is 6.56. The van der Waals surface area contributed by atoms with Crippen LogP contribution in [0, 0.1) is 19.8 Å². The Morgan fingerprint density at radius 2 is 1.08 bits per heavy atom. The second-order valence-corrected chi connectivity index (χ2v) is 8.79. The van der Waals surface area contributed by atoms with Crippen LogP contribution in [0.3, 0.4) is 0 Å². The molecule has 0 spiro atoms. The van der Waals surface area contributed by atoms with Crippen LogP contribution >= 0.6 is 46.4 Å². The average Bonchev–Trinajstić information content (AvgIpc) is 3.01. The zero-order valence-electron chi connectivity index (χ0n) is 14.7. The normalized spacial score (nSPS) is 22.7. The van der Waals surface area contributed by atoms with E-state index < -0.39 is 0 Å². The molecule has 2 aliphatic carbocycles. The maximum atomic E-state index is 6.74. The van der Waals surface area contributed by atoms with Crippen molar-refractivity contribution < 1.29 is 0 Å². The molecule has 0 radical (unpaired) electrons. The third kappa shape index (κ3) is 2.50. The van der Waals surface area contributed by atoms with Crippen LogP contribution < -0.4 is 0 Å². The van der Waals surface area contributed by atoms with Gasteiger partial charge in [-0.25, -0.2) is 0 Å². The molecule has 2 aromatic rings. The fourth-order valence-corrected chi connectivity index (χ4v) is 6.08. The summed E-state index contributed by atoms with van der Waals surface area (Å²) in [5.74, 6) is 0.145. The van der Waals surface area contributed by atoms with Gasteiger partial charge in [0.05, 0.1) is 10.1 Å². The first-order valence-corrected chi connectivity index (χ1v) is 10.2. The van der Waals surface area contributed by atoms with Gasteiger partial charge in [0.15, 0.2) is 0 Å². The van der Waals surface area contributed by atoms with Crippen LogP contribution in [-0.2, 0) is 0 Å². The maximum Gasteiger partial charge on any atom is 0.0635 e. The maximum absolute atomic E-state index is 6.74. The van der Waals surface area contributed by atoms with Gasteiger partial charge in [-0.2, -0.15) is 0 Å². The van der Waals surface area contributed by atoms with Gasteiger partial charge in [-0.15, -0.1) is 0 Å². The Morgan fingerprint density at radius 1 is 0.692 bits per heavy atom. The minimum atomic E-state index is 0.00810. The average molecular weight is 424 g/mol. The van der Waals surface area contributed by atoms with Crippen LogP contribution in [-0.4, -0.2) is 0 Å². The van der Waals surface area contributed by atoms with E-state index in [0.717, 1.165) is 22.3 Å². The van der Waals surface area contributed by atoms with Crippen LogP contribution in [0.25, 0.3) is 10.1 Å². The Kier molecular flexibility index (Phi) is 4.68. The topological polar surface area (TPSA) is 0 Å². The Labute approximate surface area is 174 Å². The molecule has 0 fully saturated rings. The minimum absolute atomic E-state index is 0.00810. The Balaban J connectivity index is 1.85. The SMILES string of the molecule is Cc1cccc2c1C(Cl)=C(Cl)C2C(C)C1C(Cl)=C(Cl)c2c(C)cccc21. The highest BCUT2D eigenvalue weighted by atomic mass is 35.5. The number of halogens is 4. The molecule has 0 aromatic heterocycles. The van der Waals surface area contributed by atoms with Crippen molar-refractivity contribution in [2.24, 2.45) is 5.92 Å². The van der Waals surface area contributed by atoms with E-state index in [9.17, 15) is 0 Å². The molecule has 26 heavy (non-hydrogen) atoms. The lowest BCUT2D eigenvalue weighted by Crippen LogP contribution is -2.17. The van der Waals surface area contributed by atoms with E-state index >= 15 is 0 Å². The number of hydrogen-bond acceptors (Lipinski definition) is 0. The predicted molar refractivity (Wildman–Crippen MR) is 114 cm³/mol. The van der Waals surface area contributed by atoms with E-state index in [-0.39, 0.29) is 17.8 Å². The van der Waals surface area contributed by atoms with Gasteiger partial charge in [-0.05, 0) is 42.0 Å². The quantitative estimate of drug-likeness (QED) is 0.457. The molecular weight excluding hydrogens is 406 g/mol. The van der Waals surface area contributed by atoms with Crippen molar-refractivity contribution in [2.75, 3.05) is 0 Å². The molecule has 0 saturated heterocycles. The van der Waals surface area contributed by atoms with Crippen LogP contribution in [0.15, 0.2) is 46.5 Å². The molecule has 134 valence electrons. The van der Waals surface area contributed by atoms with E-state index in [1.807, 2.05) is 0 Å². The smallest absolute Gasteiger partial charge is 0.0635 e. The summed E-state index contributed by atoms with van der Waals surface area (Å²) in [7, 11) is 0. The number of rotatable bonds is 2. The molecule has 2 unspecified atom stereocenters. The van der Waals surface area contributed by atoms with E-state index in [1.54, 1.807) is 0 Å². The summed E-state index contributed by atoms with van der Waals surface area (Å²) >= 11 is 26.7. The molecule has 0 saturated carbocycles. The van der Waals surface area contributed by atoms with Gasteiger partial charge in [0, 0.05) is 33.0 Å². The lowest BCUT2D eigenvalue weighted by atomic mass is 9.77. The number of hydrogen-bond donors (Lipinski definition) is 0. The van der Waals surface area contributed by atoms with Crippen molar-refractivity contribution in [1.29, 1.82) is 0 Å². The lowest BCUT2D eigenvalue weighted by molar-refractivity contribution is 0.472. The first kappa shape index (κ1) is 18.4. The lowest BCUT2D eigenvalue weighted by Gasteiger charge is -2.28. The Hall–Kier alpha value is -0.920. The van der Waals surface area contributed by atoms with Gasteiger partial charge < -0.3 is 0 Å². The van der Waals surface area contributed by atoms with Crippen molar-refractivity contribution in [1.82, 2.24) is 0 Å². The molecule has 2 aromatic carbocycles. The summed E-state index contributed by atoms with van der Waals surface area (Å²) in [6, 6.07) is 12.5. The molecule has 0 aliphatic heterocycles. The number of benzene rings is 2. The van der Waals surface area contributed by atoms with Crippen LogP contribution in [0.1, 0.15) is 52.1 Å². The Morgan fingerprint density at radius 3 is 1.46 bits per heavy atom. The van der Waals surface area contributed by atoms with E-state index in [4.69, 9.17) is 46.4 Å². The molecule has 0 amide bonds. The summed E-state index contributed by atoms with van der Waals surface area (Å²) in [6.45, 7) is 6.32. The molecule has 2 atom stereocenters. The highest BCUT2D eigenvalue weighted by Gasteiger charge is 2.42. The van der Waals surface area contributed by atoms with Crippen molar-refractivity contribution in [2.45, 2.75) is 32.6 Å². The molecular formula is C22H18Cl4. The third-order valence-electron chi connectivity index (χ3n) is 5.74. The summed E-state index contributed by atoms with van der Waals surface area (Å²) in [4.78, 5) is 0. The number of aryl methyl sites for hydroxylation is 2. The van der Waals surface area contributed by atoms with Crippen molar-refractivity contribution in [3.63, 3.8) is 0 Å².